The Kier molecular flexibility index (Phi) is 5.72. The highest BCUT2D eigenvalue weighted by Gasteiger charge is 2.19. The number of carboxylic acid groups (broad SMARTS) is 1. The fourth-order valence-electron chi connectivity index (χ4n) is 2.43. The van der Waals surface area contributed by atoms with E-state index in [0.29, 0.717) is 29.9 Å². The van der Waals surface area contributed by atoms with Crippen molar-refractivity contribution in [2.45, 2.75) is 11.7 Å². The van der Waals surface area contributed by atoms with Crippen LogP contribution in [0.1, 0.15) is 5.82 Å². The molecule has 0 amide bonds. The predicted molar refractivity (Wildman–Crippen MR) is 90.8 cm³/mol. The minimum Gasteiger partial charge on any atom is -0.481 e. The van der Waals surface area contributed by atoms with Crippen LogP contribution in [0.5, 0.6) is 0 Å². The number of aromatic nitrogens is 3. The number of halogens is 1. The van der Waals surface area contributed by atoms with Gasteiger partial charge in [-0.15, -0.1) is 10.2 Å². The van der Waals surface area contributed by atoms with E-state index in [1.54, 1.807) is 12.1 Å². The van der Waals surface area contributed by atoms with Gasteiger partial charge in [-0.25, -0.2) is 0 Å². The van der Waals surface area contributed by atoms with Crippen molar-refractivity contribution in [3.8, 4) is 5.69 Å². The quantitative estimate of drug-likeness (QED) is 0.780. The number of carboxylic acids is 1. The molecule has 0 spiro atoms. The molecule has 1 aromatic heterocycles. The van der Waals surface area contributed by atoms with E-state index in [1.165, 1.54) is 0 Å². The summed E-state index contributed by atoms with van der Waals surface area (Å²) in [4.78, 5) is 13.1. The number of carbonyl (C=O) groups is 1. The molecule has 2 aromatic rings. The van der Waals surface area contributed by atoms with E-state index in [2.05, 4.69) is 15.1 Å². The summed E-state index contributed by atoms with van der Waals surface area (Å²) in [5, 5.41) is 18.6. The maximum atomic E-state index is 10.9. The third kappa shape index (κ3) is 4.27. The van der Waals surface area contributed by atoms with Crippen molar-refractivity contribution in [1.29, 1.82) is 0 Å². The largest absolute Gasteiger partial charge is 0.481 e. The number of ether oxygens (including phenoxy) is 1. The van der Waals surface area contributed by atoms with E-state index in [0.717, 1.165) is 36.4 Å². The summed E-state index contributed by atoms with van der Waals surface area (Å²) in [5.41, 5.74) is 0.862. The molecule has 2 heterocycles. The van der Waals surface area contributed by atoms with Crippen molar-refractivity contribution in [3.05, 3.63) is 35.1 Å². The third-order valence-corrected chi connectivity index (χ3v) is 4.74. The minimum absolute atomic E-state index is 0.0662. The van der Waals surface area contributed by atoms with Gasteiger partial charge in [0.25, 0.3) is 0 Å². The van der Waals surface area contributed by atoms with Gasteiger partial charge in [-0.3, -0.25) is 14.3 Å². The number of morpholine rings is 1. The summed E-state index contributed by atoms with van der Waals surface area (Å²) in [6.45, 7) is 3.72. The van der Waals surface area contributed by atoms with Gasteiger partial charge in [0.1, 0.15) is 0 Å². The summed E-state index contributed by atoms with van der Waals surface area (Å²) in [5.74, 6) is -0.184. The molecule has 0 unspecified atom stereocenters. The second-order valence-corrected chi connectivity index (χ2v) is 6.66. The molecule has 7 nitrogen and oxygen atoms in total. The number of hydrogen-bond acceptors (Lipinski definition) is 6. The topological polar surface area (TPSA) is 80.5 Å². The normalized spacial score (nSPS) is 15.5. The van der Waals surface area contributed by atoms with Crippen LogP contribution in [0.25, 0.3) is 5.69 Å². The van der Waals surface area contributed by atoms with E-state index in [1.807, 2.05) is 16.7 Å². The molecule has 0 saturated carbocycles. The van der Waals surface area contributed by atoms with Crippen molar-refractivity contribution in [2.75, 3.05) is 32.1 Å². The highest BCUT2D eigenvalue weighted by Crippen LogP contribution is 2.24. The number of aliphatic carboxylic acids is 1. The highest BCUT2D eigenvalue weighted by molar-refractivity contribution is 7.99. The Balaban J connectivity index is 1.89. The third-order valence-electron chi connectivity index (χ3n) is 3.58. The van der Waals surface area contributed by atoms with E-state index in [9.17, 15) is 4.79 Å². The zero-order chi connectivity index (χ0) is 16.9. The number of hydrogen-bond donors (Lipinski definition) is 1. The summed E-state index contributed by atoms with van der Waals surface area (Å²) in [6, 6.07) is 7.33. The van der Waals surface area contributed by atoms with Crippen LogP contribution in [0.4, 0.5) is 0 Å². The van der Waals surface area contributed by atoms with Gasteiger partial charge < -0.3 is 9.84 Å². The number of thioether (sulfide) groups is 1. The number of benzene rings is 1. The lowest BCUT2D eigenvalue weighted by Crippen LogP contribution is -2.36. The zero-order valence-electron chi connectivity index (χ0n) is 12.9. The average molecular weight is 369 g/mol. The molecule has 24 heavy (non-hydrogen) atoms. The maximum Gasteiger partial charge on any atom is 0.313 e. The van der Waals surface area contributed by atoms with Crippen molar-refractivity contribution in [3.63, 3.8) is 0 Å². The molecule has 3 rings (SSSR count). The predicted octanol–water partition coefficient (Wildman–Crippen LogP) is 1.93. The van der Waals surface area contributed by atoms with Gasteiger partial charge in [0, 0.05) is 23.8 Å². The molecule has 0 aliphatic carbocycles. The molecule has 1 aromatic carbocycles. The minimum atomic E-state index is -0.889. The molecule has 0 atom stereocenters. The number of rotatable bonds is 6. The molecule has 1 N–H and O–H groups in total. The lowest BCUT2D eigenvalue weighted by molar-refractivity contribution is -0.133. The van der Waals surface area contributed by atoms with E-state index in [-0.39, 0.29) is 5.75 Å². The molecular weight excluding hydrogens is 352 g/mol. The van der Waals surface area contributed by atoms with Crippen molar-refractivity contribution >= 4 is 29.3 Å². The zero-order valence-corrected chi connectivity index (χ0v) is 14.5. The standard InChI is InChI=1S/C15H17ClN4O3S/c16-11-1-3-12(4-2-11)20-13(9-19-5-7-23-8-6-19)17-18-15(20)24-10-14(21)22/h1-4H,5-10H2,(H,21,22). The maximum absolute atomic E-state index is 10.9. The lowest BCUT2D eigenvalue weighted by atomic mass is 10.3. The molecule has 128 valence electrons. The first-order valence-electron chi connectivity index (χ1n) is 7.48. The molecule has 1 fully saturated rings. The molecule has 9 heteroatoms. The molecule has 0 radical (unpaired) electrons. The Morgan fingerprint density at radius 1 is 1.25 bits per heavy atom. The van der Waals surface area contributed by atoms with Crippen molar-refractivity contribution in [1.82, 2.24) is 19.7 Å². The Bertz CT molecular complexity index is 701. The Morgan fingerprint density at radius 3 is 2.62 bits per heavy atom. The smallest absolute Gasteiger partial charge is 0.313 e. The Hall–Kier alpha value is -1.61. The van der Waals surface area contributed by atoms with E-state index in [4.69, 9.17) is 21.4 Å². The lowest BCUT2D eigenvalue weighted by Gasteiger charge is -2.26. The van der Waals surface area contributed by atoms with Crippen LogP contribution in [0.2, 0.25) is 5.02 Å². The average Bonchev–Trinajstić information content (AvgIpc) is 2.97. The highest BCUT2D eigenvalue weighted by atomic mass is 35.5. The fraction of sp³-hybridized carbons (Fsp3) is 0.400. The second-order valence-electron chi connectivity index (χ2n) is 5.28. The van der Waals surface area contributed by atoms with Crippen molar-refractivity contribution in [2.24, 2.45) is 0 Å². The number of nitrogens with zero attached hydrogens (tertiary/aromatic N) is 4. The van der Waals surface area contributed by atoms with Gasteiger partial charge in [0.2, 0.25) is 0 Å². The first-order chi connectivity index (χ1) is 11.6. The van der Waals surface area contributed by atoms with Crippen LogP contribution < -0.4 is 0 Å². The second kappa shape index (κ2) is 7.98. The summed E-state index contributed by atoms with van der Waals surface area (Å²) < 4.78 is 7.26. The first-order valence-corrected chi connectivity index (χ1v) is 8.85. The Labute approximate surface area is 148 Å². The van der Waals surface area contributed by atoms with Crippen LogP contribution in [0.15, 0.2) is 29.4 Å². The molecule has 1 aliphatic heterocycles. The van der Waals surface area contributed by atoms with Gasteiger partial charge in [0.05, 0.1) is 25.5 Å². The fourth-order valence-corrected chi connectivity index (χ4v) is 3.25. The molecular formula is C15H17ClN4O3S. The van der Waals surface area contributed by atoms with Crippen LogP contribution >= 0.6 is 23.4 Å². The Morgan fingerprint density at radius 2 is 1.96 bits per heavy atom. The van der Waals surface area contributed by atoms with Gasteiger partial charge in [-0.05, 0) is 24.3 Å². The first kappa shape index (κ1) is 17.2. The van der Waals surface area contributed by atoms with Crippen molar-refractivity contribution < 1.29 is 14.6 Å². The summed E-state index contributed by atoms with van der Waals surface area (Å²) in [7, 11) is 0. The van der Waals surface area contributed by atoms with Gasteiger partial charge in [0.15, 0.2) is 11.0 Å². The summed E-state index contributed by atoms with van der Waals surface area (Å²) >= 11 is 7.12. The van der Waals surface area contributed by atoms with Crippen LogP contribution in [0, 0.1) is 0 Å². The van der Waals surface area contributed by atoms with Crippen LogP contribution in [-0.2, 0) is 16.1 Å². The monoisotopic (exact) mass is 368 g/mol. The van der Waals surface area contributed by atoms with E-state index < -0.39 is 5.97 Å². The molecule has 1 saturated heterocycles. The van der Waals surface area contributed by atoms with Gasteiger partial charge in [-0.1, -0.05) is 23.4 Å². The van der Waals surface area contributed by atoms with Gasteiger partial charge in [-0.2, -0.15) is 0 Å². The van der Waals surface area contributed by atoms with Gasteiger partial charge >= 0.3 is 5.97 Å². The molecule has 1 aliphatic rings. The van der Waals surface area contributed by atoms with E-state index >= 15 is 0 Å². The SMILES string of the molecule is O=C(O)CSc1nnc(CN2CCOCC2)n1-c1ccc(Cl)cc1. The molecule has 0 bridgehead atoms. The van der Waals surface area contributed by atoms with Crippen LogP contribution in [-0.4, -0.2) is 62.8 Å². The summed E-state index contributed by atoms with van der Waals surface area (Å²) in [6.07, 6.45) is 0. The van der Waals surface area contributed by atoms with Crippen LogP contribution in [0.3, 0.4) is 0 Å².